The summed E-state index contributed by atoms with van der Waals surface area (Å²) in [6.45, 7) is 0. The second-order valence-corrected chi connectivity index (χ2v) is 10.3. The molecule has 0 spiro atoms. The Hall–Kier alpha value is -7.77. The van der Waals surface area contributed by atoms with E-state index in [1.807, 2.05) is 0 Å². The fourth-order valence-electron chi connectivity index (χ4n) is 4.31. The Morgan fingerprint density at radius 2 is 1.15 bits per heavy atom. The van der Waals surface area contributed by atoms with E-state index < -0.39 is 26.3 Å². The van der Waals surface area contributed by atoms with Gasteiger partial charge in [-0.1, -0.05) is 0 Å². The maximum atomic E-state index is 11.3. The van der Waals surface area contributed by atoms with Crippen molar-refractivity contribution in [2.75, 3.05) is 7.11 Å². The summed E-state index contributed by atoms with van der Waals surface area (Å²) < 4.78 is 5.01. The van der Waals surface area contributed by atoms with Crippen molar-refractivity contribution in [3.05, 3.63) is 118 Å². The van der Waals surface area contributed by atoms with Crippen LogP contribution in [0.25, 0.3) is 44.1 Å². The SMILES string of the molecule is COC(=O)c1ncnc2c([N+](=O)[O-])c[nH]c12.O=[N+]([O-])c1c[nH]c2c(Br)ncnc12.O=c1[nH]cnc2c([N+](=O)[O-])c[nH]c12.O=c1[nH]cnc2cc[nH]c12. The number of aromatic nitrogens is 12. The van der Waals surface area contributed by atoms with E-state index in [9.17, 15) is 44.7 Å². The molecule has 0 saturated heterocycles. The number of carbonyl (C=O) groups is 1. The van der Waals surface area contributed by atoms with E-state index in [1.54, 1.807) is 12.3 Å². The Kier molecular flexibility index (Phi) is 10.4. The molecule has 264 valence electrons. The van der Waals surface area contributed by atoms with Gasteiger partial charge in [0.25, 0.3) is 11.1 Å². The number of nitro groups is 3. The van der Waals surface area contributed by atoms with Gasteiger partial charge in [0.05, 0.1) is 58.6 Å². The first kappa shape index (κ1) is 35.5. The van der Waals surface area contributed by atoms with Crippen molar-refractivity contribution >= 4 is 83.1 Å². The van der Waals surface area contributed by atoms with Crippen molar-refractivity contribution in [2.24, 2.45) is 0 Å². The number of esters is 1. The average Bonchev–Trinajstić information content (AvgIpc) is 3.94. The van der Waals surface area contributed by atoms with E-state index >= 15 is 0 Å². The lowest BCUT2D eigenvalue weighted by molar-refractivity contribution is -0.383. The molecule has 0 aliphatic heterocycles. The third kappa shape index (κ3) is 7.29. The number of fused-ring (bicyclic) bond motifs is 4. The first-order chi connectivity index (χ1) is 24.9. The molecule has 0 amide bonds. The van der Waals surface area contributed by atoms with Crippen LogP contribution in [0.5, 0.6) is 0 Å². The Bertz CT molecular complexity index is 2730. The predicted molar refractivity (Wildman–Crippen MR) is 180 cm³/mol. The monoisotopic (exact) mass is 779 g/mol. The molecule has 8 aromatic rings. The average molecular weight is 780 g/mol. The van der Waals surface area contributed by atoms with Gasteiger partial charge >= 0.3 is 23.0 Å². The second kappa shape index (κ2) is 15.2. The van der Waals surface area contributed by atoms with Crippen molar-refractivity contribution in [1.29, 1.82) is 0 Å². The highest BCUT2D eigenvalue weighted by Crippen LogP contribution is 2.26. The number of aromatic amines is 6. The number of H-pyrrole nitrogens is 6. The van der Waals surface area contributed by atoms with Crippen molar-refractivity contribution in [2.45, 2.75) is 0 Å². The Balaban J connectivity index is 0.000000136. The van der Waals surface area contributed by atoms with Crippen molar-refractivity contribution in [3.63, 3.8) is 0 Å². The maximum absolute atomic E-state index is 11.3. The minimum Gasteiger partial charge on any atom is -0.464 e. The Morgan fingerprint density at radius 1 is 0.654 bits per heavy atom. The lowest BCUT2D eigenvalue weighted by atomic mass is 10.3. The molecule has 0 radical (unpaired) electrons. The number of halogens is 1. The van der Waals surface area contributed by atoms with Crippen molar-refractivity contribution in [1.82, 2.24) is 59.8 Å². The minimum atomic E-state index is -0.677. The molecule has 8 aromatic heterocycles. The summed E-state index contributed by atoms with van der Waals surface area (Å²) in [5.41, 5.74) is 1.53. The van der Waals surface area contributed by atoms with Crippen LogP contribution in [0.15, 0.2) is 70.4 Å². The number of hydrogen-bond acceptors (Lipinski definition) is 16. The summed E-state index contributed by atoms with van der Waals surface area (Å²) >= 11 is 3.15. The third-order valence-electron chi connectivity index (χ3n) is 6.61. The fourth-order valence-corrected chi connectivity index (χ4v) is 4.70. The normalized spacial score (nSPS) is 10.4. The highest BCUT2D eigenvalue weighted by atomic mass is 79.9. The Morgan fingerprint density at radius 3 is 1.73 bits per heavy atom. The molecule has 0 unspecified atom stereocenters. The van der Waals surface area contributed by atoms with Gasteiger partial charge in [-0.2, -0.15) is 0 Å². The zero-order chi connectivity index (χ0) is 37.5. The van der Waals surface area contributed by atoms with Crippen molar-refractivity contribution in [3.8, 4) is 0 Å². The number of ether oxygens (including phenoxy) is 1. The molecule has 26 heteroatoms. The standard InChI is InChI=1S/C8H6N4O4.C6H3BrN4O2.C6H4N4O3.C6H5N3O/c1-16-8(13)7-6-5(10-3-11-7)4(2-9-6)12(14)15;7-6-5-4(9-2-10-6)3(1-8-5)11(12)13;11-6-5-4(8-2-9-6)3(1-7-5)10(12)13;10-6-5-4(1-2-7-5)8-3-9-6/h2-3,9H,1H3;1-2,8H;1-2,7H,(H,8,9,11);1-3,7H,(H,8,9,10). The first-order valence-corrected chi connectivity index (χ1v) is 14.6. The number of rotatable bonds is 4. The molecular weight excluding hydrogens is 762 g/mol. The first-order valence-electron chi connectivity index (χ1n) is 13.8. The second-order valence-electron chi connectivity index (χ2n) is 9.54. The number of methoxy groups -OCH3 is 1. The number of nitrogens with one attached hydrogen (secondary N) is 6. The van der Waals surface area contributed by atoms with Gasteiger partial charge in [-0.05, 0) is 22.0 Å². The van der Waals surface area contributed by atoms with Crippen LogP contribution in [0.4, 0.5) is 17.1 Å². The molecule has 6 N–H and O–H groups in total. The number of hydrogen-bond donors (Lipinski definition) is 6. The zero-order valence-corrected chi connectivity index (χ0v) is 27.3. The lowest BCUT2D eigenvalue weighted by Crippen LogP contribution is -2.05. The van der Waals surface area contributed by atoms with Crippen LogP contribution < -0.4 is 11.1 Å². The molecule has 0 bridgehead atoms. The van der Waals surface area contributed by atoms with Crippen LogP contribution in [0.3, 0.4) is 0 Å². The van der Waals surface area contributed by atoms with Crippen LogP contribution in [0.2, 0.25) is 0 Å². The predicted octanol–water partition coefficient (Wildman–Crippen LogP) is 2.69. The zero-order valence-electron chi connectivity index (χ0n) is 25.7. The van der Waals surface area contributed by atoms with Gasteiger partial charge in [0.2, 0.25) is 0 Å². The van der Waals surface area contributed by atoms with Gasteiger partial charge < -0.3 is 34.6 Å². The van der Waals surface area contributed by atoms with E-state index in [4.69, 9.17) is 0 Å². The molecule has 0 saturated carbocycles. The van der Waals surface area contributed by atoms with Crippen LogP contribution in [-0.2, 0) is 4.74 Å². The molecule has 25 nitrogen and oxygen atoms in total. The minimum absolute atomic E-state index is 0.0272. The maximum Gasteiger partial charge on any atom is 0.358 e. The summed E-state index contributed by atoms with van der Waals surface area (Å²) in [5.74, 6) is -0.677. The fraction of sp³-hybridized carbons (Fsp3) is 0.0385. The quantitative estimate of drug-likeness (QED) is 0.0647. The van der Waals surface area contributed by atoms with Gasteiger partial charge in [-0.15, -0.1) is 0 Å². The summed E-state index contributed by atoms with van der Waals surface area (Å²) in [5, 5.41) is 31.6. The van der Waals surface area contributed by atoms with Crippen molar-refractivity contribution < 1.29 is 24.3 Å². The van der Waals surface area contributed by atoms with E-state index in [2.05, 4.69) is 80.5 Å². The van der Waals surface area contributed by atoms with E-state index in [0.29, 0.717) is 26.7 Å². The van der Waals surface area contributed by atoms with Gasteiger partial charge in [0.1, 0.15) is 39.3 Å². The number of nitrogens with zero attached hydrogens (tertiary/aromatic N) is 9. The number of carbonyl (C=O) groups excluding carboxylic acids is 1. The van der Waals surface area contributed by atoms with E-state index in [0.717, 1.165) is 25.0 Å². The van der Waals surface area contributed by atoms with E-state index in [-0.39, 0.29) is 50.4 Å². The molecular formula is C26H18BrN15O10. The lowest BCUT2D eigenvalue weighted by Gasteiger charge is -1.97. The van der Waals surface area contributed by atoms with Gasteiger partial charge in [0.15, 0.2) is 22.2 Å². The summed E-state index contributed by atoms with van der Waals surface area (Å²) in [6.07, 6.45) is 10.2. The molecule has 8 rings (SSSR count). The van der Waals surface area contributed by atoms with Crippen LogP contribution in [0.1, 0.15) is 10.5 Å². The van der Waals surface area contributed by atoms with Crippen LogP contribution >= 0.6 is 15.9 Å². The van der Waals surface area contributed by atoms with Gasteiger partial charge in [-0.25, -0.2) is 34.7 Å². The molecule has 0 aromatic carbocycles. The van der Waals surface area contributed by atoms with Crippen LogP contribution in [-0.4, -0.2) is 87.7 Å². The largest absolute Gasteiger partial charge is 0.464 e. The molecule has 0 aliphatic rings. The molecule has 0 fully saturated rings. The summed E-state index contributed by atoms with van der Waals surface area (Å²) in [6, 6.07) is 1.75. The molecule has 0 aliphatic carbocycles. The van der Waals surface area contributed by atoms with E-state index in [1.165, 1.54) is 26.0 Å². The highest BCUT2D eigenvalue weighted by Gasteiger charge is 2.22. The van der Waals surface area contributed by atoms with Gasteiger partial charge in [0, 0.05) is 6.20 Å². The third-order valence-corrected chi connectivity index (χ3v) is 7.21. The molecule has 0 atom stereocenters. The Labute approximate surface area is 291 Å². The smallest absolute Gasteiger partial charge is 0.358 e. The summed E-state index contributed by atoms with van der Waals surface area (Å²) in [4.78, 5) is 101. The molecule has 52 heavy (non-hydrogen) atoms. The summed E-state index contributed by atoms with van der Waals surface area (Å²) in [7, 11) is 1.20. The van der Waals surface area contributed by atoms with Gasteiger partial charge in [-0.3, -0.25) is 39.9 Å². The molecule has 8 heterocycles. The highest BCUT2D eigenvalue weighted by molar-refractivity contribution is 9.10. The topological polar surface area (TPSA) is 362 Å². The van der Waals surface area contributed by atoms with Crippen LogP contribution in [0, 0.1) is 30.3 Å².